The summed E-state index contributed by atoms with van der Waals surface area (Å²) in [6.45, 7) is 3.90. The number of hydrogen-bond acceptors (Lipinski definition) is 4. The number of carbonyl (C=O) groups is 1. The Labute approximate surface area is 171 Å². The maximum Gasteiger partial charge on any atom is 0.350 e. The summed E-state index contributed by atoms with van der Waals surface area (Å²) < 4.78 is 3.22. The third-order valence-corrected chi connectivity index (χ3v) is 5.58. The fourth-order valence-corrected chi connectivity index (χ4v) is 4.06. The molecule has 1 aromatic carbocycles. The van der Waals surface area contributed by atoms with Crippen molar-refractivity contribution < 1.29 is 4.79 Å². The van der Waals surface area contributed by atoms with Gasteiger partial charge in [-0.3, -0.25) is 4.79 Å². The molecule has 152 valence electrons. The number of nitrogens with one attached hydrogen (secondary N) is 1. The maximum atomic E-state index is 13.1. The van der Waals surface area contributed by atoms with Crippen LogP contribution < -0.4 is 11.0 Å². The molecule has 2 aliphatic rings. The zero-order valence-electron chi connectivity index (χ0n) is 16.0. The number of nitrogens with zero attached hydrogens (tertiary/aromatic N) is 4. The highest BCUT2D eigenvalue weighted by Crippen LogP contribution is 2.24. The Balaban J connectivity index is 0.00000225. The lowest BCUT2D eigenvalue weighted by Crippen LogP contribution is -2.31. The van der Waals surface area contributed by atoms with Crippen molar-refractivity contribution in [3.05, 3.63) is 46.6 Å². The maximum absolute atomic E-state index is 13.1. The van der Waals surface area contributed by atoms with Gasteiger partial charge in [0.15, 0.2) is 0 Å². The predicted molar refractivity (Wildman–Crippen MR) is 110 cm³/mol. The molecule has 1 aromatic heterocycles. The van der Waals surface area contributed by atoms with Gasteiger partial charge >= 0.3 is 5.69 Å². The second kappa shape index (κ2) is 9.39. The van der Waals surface area contributed by atoms with Gasteiger partial charge in [-0.1, -0.05) is 18.2 Å². The molecule has 1 amide bonds. The van der Waals surface area contributed by atoms with Crippen LogP contribution in [0.5, 0.6) is 0 Å². The summed E-state index contributed by atoms with van der Waals surface area (Å²) in [5.41, 5.74) is 0.692. The Morgan fingerprint density at radius 3 is 2.46 bits per heavy atom. The van der Waals surface area contributed by atoms with Crippen LogP contribution in [0.15, 0.2) is 35.1 Å². The summed E-state index contributed by atoms with van der Waals surface area (Å²) in [6.07, 6.45) is 4.42. The van der Waals surface area contributed by atoms with Gasteiger partial charge in [-0.15, -0.1) is 12.4 Å². The number of aryl methyl sites for hydroxylation is 1. The highest BCUT2D eigenvalue weighted by molar-refractivity contribution is 5.85. The topological polar surface area (TPSA) is 72.2 Å². The minimum atomic E-state index is -0.149. The van der Waals surface area contributed by atoms with Crippen LogP contribution >= 0.6 is 12.4 Å². The van der Waals surface area contributed by atoms with E-state index in [-0.39, 0.29) is 29.9 Å². The zero-order valence-corrected chi connectivity index (χ0v) is 16.9. The summed E-state index contributed by atoms with van der Waals surface area (Å²) in [5, 5.41) is 8.04. The average molecular weight is 406 g/mol. The molecule has 2 fully saturated rings. The third kappa shape index (κ3) is 4.31. The number of para-hydroxylation sites is 1. The largest absolute Gasteiger partial charge is 0.350 e. The minimum absolute atomic E-state index is 0. The van der Waals surface area contributed by atoms with E-state index < -0.39 is 0 Å². The fourth-order valence-electron chi connectivity index (χ4n) is 4.06. The quantitative estimate of drug-likeness (QED) is 0.825. The van der Waals surface area contributed by atoms with E-state index in [4.69, 9.17) is 0 Å². The molecule has 2 aromatic rings. The molecule has 8 heteroatoms. The highest BCUT2D eigenvalue weighted by atomic mass is 35.5. The molecule has 0 radical (unpaired) electrons. The number of carbonyl (C=O) groups excluding carboxylic acids is 1. The van der Waals surface area contributed by atoms with Gasteiger partial charge < -0.3 is 10.2 Å². The van der Waals surface area contributed by atoms with Gasteiger partial charge in [-0.25, -0.2) is 14.0 Å². The number of aromatic nitrogens is 3. The van der Waals surface area contributed by atoms with E-state index >= 15 is 0 Å². The van der Waals surface area contributed by atoms with Crippen molar-refractivity contribution >= 4 is 18.3 Å². The summed E-state index contributed by atoms with van der Waals surface area (Å²) in [7, 11) is 0. The molecule has 2 aliphatic heterocycles. The number of rotatable bonds is 5. The van der Waals surface area contributed by atoms with Gasteiger partial charge in [0.25, 0.3) is 0 Å². The molecule has 4 rings (SSSR count). The van der Waals surface area contributed by atoms with Gasteiger partial charge in [0.2, 0.25) is 5.91 Å². The average Bonchev–Trinajstić information content (AvgIpc) is 3.36. The minimum Gasteiger partial charge on any atom is -0.343 e. The molecule has 0 aliphatic carbocycles. The lowest BCUT2D eigenvalue weighted by molar-refractivity contribution is -0.130. The molecule has 0 saturated carbocycles. The molecule has 0 unspecified atom stereocenters. The van der Waals surface area contributed by atoms with Gasteiger partial charge in [-0.05, 0) is 50.9 Å². The first-order chi connectivity index (χ1) is 13.2. The van der Waals surface area contributed by atoms with Gasteiger partial charge in [0, 0.05) is 25.4 Å². The number of halogens is 1. The van der Waals surface area contributed by atoms with E-state index in [0.717, 1.165) is 63.4 Å². The number of amides is 1. The van der Waals surface area contributed by atoms with E-state index in [9.17, 15) is 9.59 Å². The van der Waals surface area contributed by atoms with E-state index in [1.54, 1.807) is 4.57 Å². The van der Waals surface area contributed by atoms with Crippen LogP contribution in [0.1, 0.15) is 43.8 Å². The summed E-state index contributed by atoms with van der Waals surface area (Å²) in [5.74, 6) is 1.20. The first-order valence-corrected chi connectivity index (χ1v) is 9.98. The fraction of sp³-hybridized carbons (Fsp3) is 0.550. The Bertz CT molecular complexity index is 836. The molecular formula is C20H28ClN5O2. The highest BCUT2D eigenvalue weighted by Gasteiger charge is 2.25. The van der Waals surface area contributed by atoms with Crippen LogP contribution in [0.2, 0.25) is 0 Å². The summed E-state index contributed by atoms with van der Waals surface area (Å²) >= 11 is 0. The van der Waals surface area contributed by atoms with Crippen molar-refractivity contribution in [2.75, 3.05) is 26.2 Å². The molecule has 2 saturated heterocycles. The van der Waals surface area contributed by atoms with Crippen molar-refractivity contribution in [2.45, 2.75) is 44.6 Å². The van der Waals surface area contributed by atoms with Crippen molar-refractivity contribution in [3.63, 3.8) is 0 Å². The van der Waals surface area contributed by atoms with Crippen LogP contribution in [-0.2, 0) is 11.3 Å². The lowest BCUT2D eigenvalue weighted by Gasteiger charge is -2.22. The monoisotopic (exact) mass is 405 g/mol. The van der Waals surface area contributed by atoms with Gasteiger partial charge in [0.1, 0.15) is 5.82 Å². The standard InChI is InChI=1S/C20H27N5O2.ClH/c26-18(23-13-4-5-14-23)10-15-24-20(27)25(17-6-2-1-3-7-17)19(22-24)16-8-11-21-12-9-16;/h1-3,6-7,16,21H,4-5,8-15H2;1H. The SMILES string of the molecule is Cl.O=C(CCn1nc(C2CCNCC2)n(-c2ccccc2)c1=O)N1CCCC1. The van der Waals surface area contributed by atoms with Crippen molar-refractivity contribution in [2.24, 2.45) is 0 Å². The normalized spacial score (nSPS) is 17.5. The number of benzene rings is 1. The predicted octanol–water partition coefficient (Wildman–Crippen LogP) is 1.94. The van der Waals surface area contributed by atoms with Crippen molar-refractivity contribution in [1.29, 1.82) is 0 Å². The number of hydrogen-bond donors (Lipinski definition) is 1. The summed E-state index contributed by atoms with van der Waals surface area (Å²) in [4.78, 5) is 27.3. The van der Waals surface area contributed by atoms with Crippen LogP contribution in [0.3, 0.4) is 0 Å². The first-order valence-electron chi connectivity index (χ1n) is 9.98. The summed E-state index contributed by atoms with van der Waals surface area (Å²) in [6, 6.07) is 9.68. The number of likely N-dealkylation sites (tertiary alicyclic amines) is 1. The molecule has 7 nitrogen and oxygen atoms in total. The smallest absolute Gasteiger partial charge is 0.343 e. The number of piperidine rings is 1. The second-order valence-electron chi connectivity index (χ2n) is 7.40. The van der Waals surface area contributed by atoms with Crippen LogP contribution in [0.4, 0.5) is 0 Å². The van der Waals surface area contributed by atoms with Gasteiger partial charge in [-0.2, -0.15) is 5.10 Å². The van der Waals surface area contributed by atoms with E-state index in [2.05, 4.69) is 10.4 Å². The molecule has 0 bridgehead atoms. The molecule has 28 heavy (non-hydrogen) atoms. The van der Waals surface area contributed by atoms with Crippen LogP contribution in [-0.4, -0.2) is 51.3 Å². The van der Waals surface area contributed by atoms with Crippen LogP contribution in [0, 0.1) is 0 Å². The molecule has 0 atom stereocenters. The van der Waals surface area contributed by atoms with E-state index in [1.165, 1.54) is 4.68 Å². The Hall–Kier alpha value is -2.12. The zero-order chi connectivity index (χ0) is 18.6. The van der Waals surface area contributed by atoms with E-state index in [1.807, 2.05) is 35.2 Å². The Kier molecular flexibility index (Phi) is 6.91. The molecule has 0 spiro atoms. The van der Waals surface area contributed by atoms with Gasteiger partial charge in [0.05, 0.1) is 12.2 Å². The van der Waals surface area contributed by atoms with Crippen molar-refractivity contribution in [3.8, 4) is 5.69 Å². The molecule has 3 heterocycles. The van der Waals surface area contributed by atoms with Crippen LogP contribution in [0.25, 0.3) is 5.69 Å². The molecule has 1 N–H and O–H groups in total. The van der Waals surface area contributed by atoms with E-state index in [0.29, 0.717) is 13.0 Å². The molecular weight excluding hydrogens is 378 g/mol. The van der Waals surface area contributed by atoms with Crippen molar-refractivity contribution in [1.82, 2.24) is 24.6 Å². The Morgan fingerprint density at radius 1 is 1.11 bits per heavy atom. The lowest BCUT2D eigenvalue weighted by atomic mass is 9.97. The second-order valence-corrected chi connectivity index (χ2v) is 7.40. The Morgan fingerprint density at radius 2 is 1.79 bits per heavy atom. The first kappa shape index (κ1) is 20.6. The third-order valence-electron chi connectivity index (χ3n) is 5.58.